The van der Waals surface area contributed by atoms with E-state index in [1.165, 1.54) is 17.4 Å². The highest BCUT2D eigenvalue weighted by atomic mass is 32.2. The number of carbonyl (C=O) groups is 1. The van der Waals surface area contributed by atoms with Crippen LogP contribution in [-0.2, 0) is 10.0 Å². The molecule has 10 heteroatoms. The van der Waals surface area contributed by atoms with Gasteiger partial charge in [-0.05, 0) is 38.0 Å². The van der Waals surface area contributed by atoms with Crippen molar-refractivity contribution in [1.82, 2.24) is 15.1 Å². The van der Waals surface area contributed by atoms with Crippen molar-refractivity contribution in [2.24, 2.45) is 0 Å². The highest BCUT2D eigenvalue weighted by Crippen LogP contribution is 2.31. The summed E-state index contributed by atoms with van der Waals surface area (Å²) in [5, 5.41) is 9.39. The molecule has 1 fully saturated rings. The van der Waals surface area contributed by atoms with E-state index in [1.807, 2.05) is 19.1 Å². The fourth-order valence-corrected chi connectivity index (χ4v) is 5.59. The number of hydrogen-bond acceptors (Lipinski definition) is 7. The summed E-state index contributed by atoms with van der Waals surface area (Å²) >= 11 is 1.07. The first kappa shape index (κ1) is 19.6. The third kappa shape index (κ3) is 3.77. The average molecular weight is 433 g/mol. The minimum Gasteiger partial charge on any atom is -0.412 e. The van der Waals surface area contributed by atoms with Crippen LogP contribution in [0.25, 0.3) is 11.5 Å². The van der Waals surface area contributed by atoms with Gasteiger partial charge in [0.05, 0.1) is 11.3 Å². The van der Waals surface area contributed by atoms with E-state index in [4.69, 9.17) is 4.42 Å². The molecule has 0 unspecified atom stereocenters. The minimum atomic E-state index is -3.73. The lowest BCUT2D eigenvalue weighted by molar-refractivity contribution is 0.0754. The Morgan fingerprint density at radius 2 is 1.86 bits per heavy atom. The molecular weight excluding hydrogens is 412 g/mol. The molecule has 2 aromatic heterocycles. The molecule has 0 radical (unpaired) electrons. The molecule has 1 aliphatic rings. The Balaban J connectivity index is 1.56. The number of sulfonamides is 1. The maximum atomic E-state index is 13.0. The fourth-order valence-electron chi connectivity index (χ4n) is 3.07. The number of nitrogens with zero attached hydrogens (tertiary/aromatic N) is 4. The van der Waals surface area contributed by atoms with E-state index in [0.29, 0.717) is 24.3 Å². The van der Waals surface area contributed by atoms with Crippen molar-refractivity contribution in [2.45, 2.75) is 24.0 Å². The van der Waals surface area contributed by atoms with Gasteiger partial charge < -0.3 is 9.32 Å². The second-order valence-corrected chi connectivity index (χ2v) is 9.98. The summed E-state index contributed by atoms with van der Waals surface area (Å²) in [7, 11) is -2.22. The number of anilines is 1. The predicted molar refractivity (Wildman–Crippen MR) is 110 cm³/mol. The molecule has 0 atom stereocenters. The topological polar surface area (TPSA) is 96.6 Å². The Labute approximate surface area is 172 Å². The van der Waals surface area contributed by atoms with Crippen LogP contribution in [0.3, 0.4) is 0 Å². The first-order valence-electron chi connectivity index (χ1n) is 9.13. The number of likely N-dealkylation sites (tertiary alicyclic amines) is 1. The number of amides is 1. The third-order valence-electron chi connectivity index (χ3n) is 4.84. The monoisotopic (exact) mass is 432 g/mol. The van der Waals surface area contributed by atoms with Crippen molar-refractivity contribution in [2.75, 3.05) is 24.4 Å². The molecule has 0 saturated carbocycles. The summed E-state index contributed by atoms with van der Waals surface area (Å²) in [6.45, 7) is 3.31. The number of aryl methyl sites for hydroxylation is 1. The van der Waals surface area contributed by atoms with E-state index < -0.39 is 10.0 Å². The zero-order valence-corrected chi connectivity index (χ0v) is 17.7. The minimum absolute atomic E-state index is 0.0747. The van der Waals surface area contributed by atoms with Gasteiger partial charge in [-0.15, -0.1) is 21.5 Å². The summed E-state index contributed by atoms with van der Waals surface area (Å²) in [6.07, 6.45) is 1.93. The largest absolute Gasteiger partial charge is 0.412 e. The second kappa shape index (κ2) is 7.60. The number of carbonyl (C=O) groups excluding carboxylic acids is 1. The lowest BCUT2D eigenvalue weighted by Crippen LogP contribution is -2.27. The van der Waals surface area contributed by atoms with Crippen LogP contribution >= 0.6 is 11.3 Å². The van der Waals surface area contributed by atoms with Gasteiger partial charge in [0.1, 0.15) is 4.21 Å². The highest BCUT2D eigenvalue weighted by Gasteiger charge is 2.27. The first-order chi connectivity index (χ1) is 13.9. The van der Waals surface area contributed by atoms with Crippen molar-refractivity contribution in [3.8, 4) is 11.5 Å². The summed E-state index contributed by atoms with van der Waals surface area (Å²) in [5.74, 6) is -0.235. The van der Waals surface area contributed by atoms with E-state index >= 15 is 0 Å². The Morgan fingerprint density at radius 1 is 1.17 bits per heavy atom. The third-order valence-corrected chi connectivity index (χ3v) is 8.04. The number of aromatic nitrogens is 2. The van der Waals surface area contributed by atoms with Crippen molar-refractivity contribution in [3.63, 3.8) is 0 Å². The van der Waals surface area contributed by atoms with E-state index in [-0.39, 0.29) is 21.9 Å². The summed E-state index contributed by atoms with van der Waals surface area (Å²) in [5.41, 5.74) is 2.09. The lowest BCUT2D eigenvalue weighted by atomic mass is 10.2. The molecule has 1 aromatic carbocycles. The van der Waals surface area contributed by atoms with Crippen LogP contribution in [0.5, 0.6) is 0 Å². The molecule has 0 bridgehead atoms. The SMILES string of the molecule is Cc1ccc(N(C)S(=O)(=O)c2cc(-c3nnc(C(=O)N4CCCC4)o3)cs2)cc1. The van der Waals surface area contributed by atoms with Crippen LogP contribution in [0, 0.1) is 6.92 Å². The van der Waals surface area contributed by atoms with Crippen LogP contribution in [0.4, 0.5) is 5.69 Å². The molecule has 0 spiro atoms. The molecule has 4 rings (SSSR count). The van der Waals surface area contributed by atoms with E-state index in [0.717, 1.165) is 29.7 Å². The Kier molecular flexibility index (Phi) is 5.13. The molecule has 0 aliphatic carbocycles. The van der Waals surface area contributed by atoms with Gasteiger partial charge in [0, 0.05) is 25.5 Å². The molecule has 3 aromatic rings. The van der Waals surface area contributed by atoms with Crippen LogP contribution < -0.4 is 4.31 Å². The quantitative estimate of drug-likeness (QED) is 0.614. The maximum Gasteiger partial charge on any atom is 0.311 e. The maximum absolute atomic E-state index is 13.0. The van der Waals surface area contributed by atoms with Gasteiger partial charge in [0.2, 0.25) is 5.89 Å². The molecule has 152 valence electrons. The molecule has 3 heterocycles. The van der Waals surface area contributed by atoms with Crippen LogP contribution in [0.1, 0.15) is 29.1 Å². The number of hydrogen-bond donors (Lipinski definition) is 0. The molecule has 0 N–H and O–H groups in total. The summed E-state index contributed by atoms with van der Waals surface area (Å²) in [4.78, 5) is 14.0. The highest BCUT2D eigenvalue weighted by molar-refractivity contribution is 7.94. The van der Waals surface area contributed by atoms with Crippen LogP contribution in [-0.4, -0.2) is 49.6 Å². The van der Waals surface area contributed by atoms with Gasteiger partial charge in [-0.2, -0.15) is 0 Å². The van der Waals surface area contributed by atoms with Gasteiger partial charge in [0.25, 0.3) is 10.0 Å². The Hall–Kier alpha value is -2.72. The van der Waals surface area contributed by atoms with E-state index in [2.05, 4.69) is 10.2 Å². The zero-order chi connectivity index (χ0) is 20.6. The Bertz CT molecular complexity index is 1130. The fraction of sp³-hybridized carbons (Fsp3) is 0.316. The number of thiophene rings is 1. The van der Waals surface area contributed by atoms with Gasteiger partial charge in [-0.1, -0.05) is 17.7 Å². The van der Waals surface area contributed by atoms with Gasteiger partial charge in [-0.3, -0.25) is 9.10 Å². The van der Waals surface area contributed by atoms with E-state index in [1.54, 1.807) is 22.4 Å². The van der Waals surface area contributed by atoms with E-state index in [9.17, 15) is 13.2 Å². The summed E-state index contributed by atoms with van der Waals surface area (Å²) < 4.78 is 32.8. The average Bonchev–Trinajstić information content (AvgIpc) is 3.48. The smallest absolute Gasteiger partial charge is 0.311 e. The van der Waals surface area contributed by atoms with Crippen LogP contribution in [0.2, 0.25) is 0 Å². The van der Waals surface area contributed by atoms with Crippen LogP contribution in [0.15, 0.2) is 44.3 Å². The molecule has 8 nitrogen and oxygen atoms in total. The van der Waals surface area contributed by atoms with Gasteiger partial charge >= 0.3 is 11.8 Å². The van der Waals surface area contributed by atoms with Crippen molar-refractivity contribution in [1.29, 1.82) is 0 Å². The molecular formula is C19H20N4O4S2. The second-order valence-electron chi connectivity index (χ2n) is 6.87. The standard InChI is InChI=1S/C19H20N4O4S2/c1-13-5-7-15(8-6-13)22(2)29(25,26)16-11-14(12-28-16)17-20-21-18(27-17)19(24)23-9-3-4-10-23/h5-8,11-12H,3-4,9-10H2,1-2H3. The number of rotatable bonds is 5. The first-order valence-corrected chi connectivity index (χ1v) is 11.5. The van der Waals surface area contributed by atoms with Crippen molar-refractivity contribution >= 4 is 33.0 Å². The molecule has 1 amide bonds. The molecule has 29 heavy (non-hydrogen) atoms. The normalized spacial score (nSPS) is 14.3. The predicted octanol–water partition coefficient (Wildman–Crippen LogP) is 3.17. The number of benzene rings is 1. The zero-order valence-electron chi connectivity index (χ0n) is 16.0. The van der Waals surface area contributed by atoms with Crippen molar-refractivity contribution < 1.29 is 17.6 Å². The lowest BCUT2D eigenvalue weighted by Gasteiger charge is -2.18. The van der Waals surface area contributed by atoms with Gasteiger partial charge in [-0.25, -0.2) is 8.42 Å². The van der Waals surface area contributed by atoms with Crippen molar-refractivity contribution in [3.05, 3.63) is 47.2 Å². The summed E-state index contributed by atoms with van der Waals surface area (Å²) in [6, 6.07) is 8.73. The molecule has 1 aliphatic heterocycles. The molecule has 1 saturated heterocycles. The van der Waals surface area contributed by atoms with Gasteiger partial charge in [0.15, 0.2) is 0 Å². The Morgan fingerprint density at radius 3 is 2.55 bits per heavy atom.